The second kappa shape index (κ2) is 8.13. The summed E-state index contributed by atoms with van der Waals surface area (Å²) in [5.74, 6) is 1.80. The van der Waals surface area contributed by atoms with Crippen LogP contribution >= 0.6 is 0 Å². The van der Waals surface area contributed by atoms with Crippen molar-refractivity contribution >= 4 is 11.6 Å². The Morgan fingerprint density at radius 3 is 2.54 bits per heavy atom. The van der Waals surface area contributed by atoms with Crippen molar-refractivity contribution in [3.8, 4) is 17.2 Å². The average molecular weight is 355 g/mol. The van der Waals surface area contributed by atoms with Gasteiger partial charge in [-0.1, -0.05) is 12.1 Å². The highest BCUT2D eigenvalue weighted by Crippen LogP contribution is 2.31. The molecule has 0 bridgehead atoms. The lowest BCUT2D eigenvalue weighted by molar-refractivity contribution is -0.122. The quantitative estimate of drug-likeness (QED) is 0.851. The molecule has 1 atom stereocenters. The number of hydrogen-bond acceptors (Lipinski definition) is 4. The van der Waals surface area contributed by atoms with E-state index in [4.69, 9.17) is 14.2 Å². The van der Waals surface area contributed by atoms with E-state index in [-0.39, 0.29) is 5.91 Å². The van der Waals surface area contributed by atoms with Crippen molar-refractivity contribution in [2.75, 3.05) is 19.5 Å². The van der Waals surface area contributed by atoms with E-state index in [1.165, 1.54) is 24.0 Å². The van der Waals surface area contributed by atoms with E-state index < -0.39 is 6.10 Å². The summed E-state index contributed by atoms with van der Waals surface area (Å²) in [5, 5.41) is 2.87. The number of anilines is 1. The van der Waals surface area contributed by atoms with Gasteiger partial charge in [0.05, 0.1) is 14.2 Å². The van der Waals surface area contributed by atoms with Crippen molar-refractivity contribution in [2.24, 2.45) is 0 Å². The van der Waals surface area contributed by atoms with Crippen LogP contribution in [0.4, 0.5) is 5.69 Å². The number of carbonyl (C=O) groups is 1. The fourth-order valence-electron chi connectivity index (χ4n) is 3.26. The molecule has 0 saturated heterocycles. The zero-order valence-electron chi connectivity index (χ0n) is 15.5. The van der Waals surface area contributed by atoms with Crippen molar-refractivity contribution in [3.05, 3.63) is 47.5 Å². The number of benzene rings is 2. The van der Waals surface area contributed by atoms with Gasteiger partial charge in [-0.15, -0.1) is 0 Å². The summed E-state index contributed by atoms with van der Waals surface area (Å²) in [6.07, 6.45) is 3.87. The van der Waals surface area contributed by atoms with Gasteiger partial charge in [-0.2, -0.15) is 0 Å². The van der Waals surface area contributed by atoms with Crippen LogP contribution in [0.25, 0.3) is 0 Å². The van der Waals surface area contributed by atoms with Gasteiger partial charge in [0, 0.05) is 11.8 Å². The smallest absolute Gasteiger partial charge is 0.265 e. The molecule has 0 spiro atoms. The van der Waals surface area contributed by atoms with E-state index >= 15 is 0 Å². The van der Waals surface area contributed by atoms with Gasteiger partial charge >= 0.3 is 0 Å². The van der Waals surface area contributed by atoms with Crippen LogP contribution in [0.2, 0.25) is 0 Å². The lowest BCUT2D eigenvalue weighted by Crippen LogP contribution is -2.30. The molecule has 0 saturated carbocycles. The maximum Gasteiger partial charge on any atom is 0.265 e. The molecule has 2 aromatic rings. The first-order valence-corrected chi connectivity index (χ1v) is 8.92. The first-order chi connectivity index (χ1) is 12.6. The minimum atomic E-state index is -0.600. The van der Waals surface area contributed by atoms with Gasteiger partial charge in [-0.05, 0) is 61.9 Å². The summed E-state index contributed by atoms with van der Waals surface area (Å²) in [4.78, 5) is 12.5. The van der Waals surface area contributed by atoms with Gasteiger partial charge in [0.2, 0.25) is 0 Å². The molecule has 26 heavy (non-hydrogen) atoms. The Labute approximate surface area is 154 Å². The van der Waals surface area contributed by atoms with Gasteiger partial charge in [0.15, 0.2) is 17.6 Å². The Morgan fingerprint density at radius 2 is 1.77 bits per heavy atom. The number of ether oxygens (including phenoxy) is 3. The van der Waals surface area contributed by atoms with Crippen LogP contribution in [0, 0.1) is 0 Å². The number of fused-ring (bicyclic) bond motifs is 1. The molecule has 1 aliphatic rings. The van der Waals surface area contributed by atoms with Crippen LogP contribution in [-0.2, 0) is 17.6 Å². The summed E-state index contributed by atoms with van der Waals surface area (Å²) in [5.41, 5.74) is 3.21. The number of nitrogens with one attached hydrogen (secondary N) is 1. The molecule has 2 aromatic carbocycles. The number of amides is 1. The standard InChI is InChI=1S/C21H25NO4/c1-14(26-18-10-6-8-15-7-4-5-9-17(15)18)21(23)22-16-11-12-19(24-2)20(13-16)25-3/h6,8,10-14H,4-5,7,9H2,1-3H3,(H,22,23)/t14-/m1/s1. The predicted molar refractivity (Wildman–Crippen MR) is 101 cm³/mol. The molecule has 3 rings (SSSR count). The first-order valence-electron chi connectivity index (χ1n) is 8.92. The normalized spacial score (nSPS) is 14.1. The highest BCUT2D eigenvalue weighted by molar-refractivity contribution is 5.94. The summed E-state index contributed by atoms with van der Waals surface area (Å²) in [6.45, 7) is 1.76. The molecule has 0 aromatic heterocycles. The van der Waals surface area contributed by atoms with Crippen molar-refractivity contribution < 1.29 is 19.0 Å². The average Bonchev–Trinajstić information content (AvgIpc) is 2.68. The Morgan fingerprint density at radius 1 is 1.00 bits per heavy atom. The number of rotatable bonds is 6. The van der Waals surface area contributed by atoms with Gasteiger partial charge in [-0.3, -0.25) is 4.79 Å². The molecular formula is C21H25NO4. The molecular weight excluding hydrogens is 330 g/mol. The van der Waals surface area contributed by atoms with Crippen molar-refractivity contribution in [2.45, 2.75) is 38.7 Å². The molecule has 0 radical (unpaired) electrons. The van der Waals surface area contributed by atoms with Crippen LogP contribution in [0.5, 0.6) is 17.2 Å². The lowest BCUT2D eigenvalue weighted by Gasteiger charge is -2.22. The zero-order chi connectivity index (χ0) is 18.5. The van der Waals surface area contributed by atoms with E-state index in [0.717, 1.165) is 18.6 Å². The summed E-state index contributed by atoms with van der Waals surface area (Å²) >= 11 is 0. The zero-order valence-corrected chi connectivity index (χ0v) is 15.5. The Kier molecular flexibility index (Phi) is 5.66. The molecule has 1 aliphatic carbocycles. The third-order valence-corrected chi connectivity index (χ3v) is 4.68. The van der Waals surface area contributed by atoms with Crippen LogP contribution < -0.4 is 19.5 Å². The molecule has 5 heteroatoms. The third-order valence-electron chi connectivity index (χ3n) is 4.68. The predicted octanol–water partition coefficient (Wildman–Crippen LogP) is 3.99. The number of carbonyl (C=O) groups excluding carboxylic acids is 1. The number of hydrogen-bond donors (Lipinski definition) is 1. The summed E-state index contributed by atoms with van der Waals surface area (Å²) in [6, 6.07) is 11.4. The summed E-state index contributed by atoms with van der Waals surface area (Å²) < 4.78 is 16.5. The fourth-order valence-corrected chi connectivity index (χ4v) is 3.26. The van der Waals surface area contributed by atoms with E-state index in [2.05, 4.69) is 11.4 Å². The van der Waals surface area contributed by atoms with Crippen LogP contribution in [0.15, 0.2) is 36.4 Å². The minimum absolute atomic E-state index is 0.203. The van der Waals surface area contributed by atoms with Crippen LogP contribution in [-0.4, -0.2) is 26.2 Å². The monoisotopic (exact) mass is 355 g/mol. The maximum atomic E-state index is 12.5. The minimum Gasteiger partial charge on any atom is -0.493 e. The van der Waals surface area contributed by atoms with Gasteiger partial charge < -0.3 is 19.5 Å². The molecule has 0 unspecified atom stereocenters. The van der Waals surface area contributed by atoms with Gasteiger partial charge in [0.1, 0.15) is 5.75 Å². The fraction of sp³-hybridized carbons (Fsp3) is 0.381. The van der Waals surface area contributed by atoms with E-state index in [1.54, 1.807) is 39.3 Å². The van der Waals surface area contributed by atoms with Crippen LogP contribution in [0.1, 0.15) is 30.9 Å². The third kappa shape index (κ3) is 3.93. The van der Waals surface area contributed by atoms with E-state index in [9.17, 15) is 4.79 Å². The second-order valence-corrected chi connectivity index (χ2v) is 6.42. The van der Waals surface area contributed by atoms with Gasteiger partial charge in [0.25, 0.3) is 5.91 Å². The number of aryl methyl sites for hydroxylation is 1. The maximum absolute atomic E-state index is 12.5. The molecule has 1 amide bonds. The molecule has 0 aliphatic heterocycles. The van der Waals surface area contributed by atoms with E-state index in [0.29, 0.717) is 17.2 Å². The van der Waals surface area contributed by atoms with E-state index in [1.807, 2.05) is 12.1 Å². The first kappa shape index (κ1) is 18.1. The lowest BCUT2D eigenvalue weighted by atomic mass is 9.91. The highest BCUT2D eigenvalue weighted by Gasteiger charge is 2.20. The molecule has 138 valence electrons. The molecule has 1 N–H and O–H groups in total. The molecule has 0 fully saturated rings. The highest BCUT2D eigenvalue weighted by atomic mass is 16.5. The van der Waals surface area contributed by atoms with Crippen molar-refractivity contribution in [1.82, 2.24) is 0 Å². The second-order valence-electron chi connectivity index (χ2n) is 6.42. The van der Waals surface area contributed by atoms with Crippen molar-refractivity contribution in [1.29, 1.82) is 0 Å². The summed E-state index contributed by atoms with van der Waals surface area (Å²) in [7, 11) is 3.14. The Bertz CT molecular complexity index is 788. The topological polar surface area (TPSA) is 56.8 Å². The SMILES string of the molecule is COc1ccc(NC(=O)[C@@H](C)Oc2cccc3c2CCCC3)cc1OC. The van der Waals surface area contributed by atoms with Gasteiger partial charge in [-0.25, -0.2) is 0 Å². The number of methoxy groups -OCH3 is 2. The van der Waals surface area contributed by atoms with Crippen LogP contribution in [0.3, 0.4) is 0 Å². The van der Waals surface area contributed by atoms with Crippen molar-refractivity contribution in [3.63, 3.8) is 0 Å². The molecule has 5 nitrogen and oxygen atoms in total. The molecule has 0 heterocycles. The Balaban J connectivity index is 1.69. The largest absolute Gasteiger partial charge is 0.493 e. The Hall–Kier alpha value is -2.69.